The number of aryl methyl sites for hydroxylation is 2. The molecule has 0 saturated heterocycles. The van der Waals surface area contributed by atoms with Gasteiger partial charge < -0.3 is 15.2 Å². The Morgan fingerprint density at radius 1 is 1.26 bits per heavy atom. The highest BCUT2D eigenvalue weighted by atomic mass is 16.5. The van der Waals surface area contributed by atoms with Gasteiger partial charge in [-0.1, -0.05) is 12.1 Å². The highest BCUT2D eigenvalue weighted by Gasteiger charge is 2.30. The average Bonchev–Trinajstić information content (AvgIpc) is 3.06. The quantitative estimate of drug-likeness (QED) is 0.656. The first-order valence-corrected chi connectivity index (χ1v) is 8.98. The van der Waals surface area contributed by atoms with Crippen molar-refractivity contribution in [1.82, 2.24) is 9.78 Å². The van der Waals surface area contributed by atoms with Crippen LogP contribution in [0.4, 0.5) is 5.69 Å². The molecule has 0 aliphatic carbocycles. The maximum Gasteiger partial charge on any atom is 0.331 e. The van der Waals surface area contributed by atoms with Crippen LogP contribution in [0.15, 0.2) is 30.6 Å². The molecule has 0 radical (unpaired) electrons. The van der Waals surface area contributed by atoms with Crippen molar-refractivity contribution >= 4 is 17.6 Å². The number of amides is 1. The van der Waals surface area contributed by atoms with Crippen LogP contribution in [0.1, 0.15) is 44.2 Å². The lowest BCUT2D eigenvalue weighted by Gasteiger charge is -2.19. The van der Waals surface area contributed by atoms with Crippen molar-refractivity contribution in [3.05, 3.63) is 41.7 Å². The summed E-state index contributed by atoms with van der Waals surface area (Å²) in [5.74, 6) is -0.241. The smallest absolute Gasteiger partial charge is 0.331 e. The van der Waals surface area contributed by atoms with Crippen LogP contribution in [0.25, 0.3) is 0 Å². The minimum absolute atomic E-state index is 0.130. The van der Waals surface area contributed by atoms with Crippen LogP contribution in [0.2, 0.25) is 0 Å². The number of nitrogens with zero attached hydrogens (tertiary/aromatic N) is 2. The van der Waals surface area contributed by atoms with Gasteiger partial charge in [-0.15, -0.1) is 0 Å². The van der Waals surface area contributed by atoms with Gasteiger partial charge in [0.2, 0.25) is 5.91 Å². The molecule has 0 saturated carbocycles. The molecule has 7 nitrogen and oxygen atoms in total. The highest BCUT2D eigenvalue weighted by Crippen LogP contribution is 2.20. The van der Waals surface area contributed by atoms with Crippen molar-refractivity contribution in [3.63, 3.8) is 0 Å². The second kappa shape index (κ2) is 8.70. The number of hydrogen-bond acceptors (Lipinski definition) is 4. The van der Waals surface area contributed by atoms with Gasteiger partial charge in [-0.25, -0.2) is 4.79 Å². The van der Waals surface area contributed by atoms with E-state index in [1.165, 1.54) is 17.1 Å². The van der Waals surface area contributed by atoms with Crippen molar-refractivity contribution < 1.29 is 19.4 Å². The van der Waals surface area contributed by atoms with Crippen LogP contribution in [0.3, 0.4) is 0 Å². The van der Waals surface area contributed by atoms with E-state index in [1.807, 2.05) is 32.0 Å². The number of nitrogens with one attached hydrogen (secondary N) is 1. The number of aliphatic carboxylic acids is 1. The van der Waals surface area contributed by atoms with Gasteiger partial charge in [0.25, 0.3) is 0 Å². The van der Waals surface area contributed by atoms with E-state index >= 15 is 0 Å². The third-order valence-corrected chi connectivity index (χ3v) is 4.36. The maximum atomic E-state index is 12.0. The monoisotopic (exact) mass is 373 g/mol. The van der Waals surface area contributed by atoms with E-state index in [4.69, 9.17) is 4.74 Å². The molecule has 0 bridgehead atoms. The summed E-state index contributed by atoms with van der Waals surface area (Å²) in [6, 6.07) is 6.09. The number of anilines is 1. The zero-order valence-electron chi connectivity index (χ0n) is 16.3. The topological polar surface area (TPSA) is 93.5 Å². The lowest BCUT2D eigenvalue weighted by molar-refractivity contribution is -0.146. The molecule has 0 aliphatic rings. The van der Waals surface area contributed by atoms with Gasteiger partial charge in [0.15, 0.2) is 5.54 Å². The molecule has 2 aromatic rings. The summed E-state index contributed by atoms with van der Waals surface area (Å²) >= 11 is 0. The third kappa shape index (κ3) is 5.57. The van der Waals surface area contributed by atoms with Gasteiger partial charge in [-0.05, 0) is 57.7 Å². The van der Waals surface area contributed by atoms with Crippen LogP contribution in [-0.2, 0) is 15.1 Å². The third-order valence-electron chi connectivity index (χ3n) is 4.36. The van der Waals surface area contributed by atoms with Crippen molar-refractivity contribution in [2.45, 2.75) is 52.5 Å². The number of carbonyl (C=O) groups excluding carboxylic acids is 1. The van der Waals surface area contributed by atoms with Crippen molar-refractivity contribution in [3.8, 4) is 5.75 Å². The molecule has 1 heterocycles. The fraction of sp³-hybridized carbons (Fsp3) is 0.450. The number of benzene rings is 1. The summed E-state index contributed by atoms with van der Waals surface area (Å²) in [6.07, 6.45) is 4.81. The van der Waals surface area contributed by atoms with Crippen molar-refractivity contribution in [1.29, 1.82) is 0 Å². The molecule has 146 valence electrons. The van der Waals surface area contributed by atoms with Gasteiger partial charge >= 0.3 is 5.97 Å². The Kier molecular flexibility index (Phi) is 6.60. The summed E-state index contributed by atoms with van der Waals surface area (Å²) in [7, 11) is 0. The minimum Gasteiger partial charge on any atom is -0.493 e. The summed E-state index contributed by atoms with van der Waals surface area (Å²) in [5, 5.41) is 16.0. The molecule has 1 aromatic carbocycles. The second-order valence-electron chi connectivity index (χ2n) is 7.16. The number of carboxylic acid groups (broad SMARTS) is 1. The van der Waals surface area contributed by atoms with E-state index in [-0.39, 0.29) is 5.91 Å². The van der Waals surface area contributed by atoms with Crippen LogP contribution >= 0.6 is 0 Å². The number of rotatable bonds is 9. The number of carboxylic acids is 1. The summed E-state index contributed by atoms with van der Waals surface area (Å²) < 4.78 is 7.10. The van der Waals surface area contributed by atoms with Gasteiger partial charge in [0.1, 0.15) is 5.75 Å². The van der Waals surface area contributed by atoms with Crippen LogP contribution in [0, 0.1) is 13.8 Å². The molecule has 0 atom stereocenters. The van der Waals surface area contributed by atoms with Gasteiger partial charge in [0, 0.05) is 12.6 Å². The predicted molar refractivity (Wildman–Crippen MR) is 103 cm³/mol. The Bertz CT molecular complexity index is 811. The van der Waals surface area contributed by atoms with E-state index in [0.717, 1.165) is 23.3 Å². The first-order chi connectivity index (χ1) is 12.7. The van der Waals surface area contributed by atoms with E-state index in [9.17, 15) is 14.7 Å². The van der Waals surface area contributed by atoms with Crippen LogP contribution < -0.4 is 10.1 Å². The number of hydrogen-bond donors (Lipinski definition) is 2. The highest BCUT2D eigenvalue weighted by molar-refractivity contribution is 5.90. The molecular formula is C20H27N3O4. The molecule has 1 aromatic heterocycles. The van der Waals surface area contributed by atoms with Crippen LogP contribution in [0.5, 0.6) is 5.75 Å². The van der Waals surface area contributed by atoms with Crippen LogP contribution in [-0.4, -0.2) is 33.4 Å². The fourth-order valence-electron chi connectivity index (χ4n) is 2.45. The first-order valence-electron chi connectivity index (χ1n) is 8.98. The van der Waals surface area contributed by atoms with E-state index in [1.54, 1.807) is 13.8 Å². The number of ether oxygens (including phenoxy) is 1. The Morgan fingerprint density at radius 2 is 2.00 bits per heavy atom. The van der Waals surface area contributed by atoms with Gasteiger partial charge in [0.05, 0.1) is 18.5 Å². The number of aromatic nitrogens is 2. The van der Waals surface area contributed by atoms with E-state index in [0.29, 0.717) is 25.1 Å². The SMILES string of the molecule is Cc1ccc(C)c(OCCCCC(=O)Nc2cnn(C(C)(C)C(=O)O)c2)c1. The minimum atomic E-state index is -1.17. The zero-order valence-corrected chi connectivity index (χ0v) is 16.3. The molecule has 27 heavy (non-hydrogen) atoms. The van der Waals surface area contributed by atoms with E-state index in [2.05, 4.69) is 10.4 Å². The Balaban J connectivity index is 1.73. The molecule has 0 fully saturated rings. The summed E-state index contributed by atoms with van der Waals surface area (Å²) in [4.78, 5) is 23.3. The zero-order chi connectivity index (χ0) is 20.0. The Morgan fingerprint density at radius 3 is 2.70 bits per heavy atom. The molecule has 0 unspecified atom stereocenters. The second-order valence-corrected chi connectivity index (χ2v) is 7.16. The largest absolute Gasteiger partial charge is 0.493 e. The van der Waals surface area contributed by atoms with Gasteiger partial charge in [-0.2, -0.15) is 5.10 Å². The van der Waals surface area contributed by atoms with E-state index < -0.39 is 11.5 Å². The molecule has 1 amide bonds. The number of carbonyl (C=O) groups is 2. The van der Waals surface area contributed by atoms with Crippen molar-refractivity contribution in [2.75, 3.05) is 11.9 Å². The number of unbranched alkanes of at least 4 members (excludes halogenated alkanes) is 1. The lowest BCUT2D eigenvalue weighted by atomic mass is 10.1. The summed E-state index contributed by atoms with van der Waals surface area (Å²) in [6.45, 7) is 7.68. The van der Waals surface area contributed by atoms with Crippen molar-refractivity contribution in [2.24, 2.45) is 0 Å². The average molecular weight is 373 g/mol. The molecule has 0 spiro atoms. The fourth-order valence-corrected chi connectivity index (χ4v) is 2.45. The Hall–Kier alpha value is -2.83. The molecule has 2 N–H and O–H groups in total. The molecular weight excluding hydrogens is 346 g/mol. The normalized spacial score (nSPS) is 11.3. The van der Waals surface area contributed by atoms with Gasteiger partial charge in [-0.3, -0.25) is 9.48 Å². The molecule has 7 heteroatoms. The molecule has 0 aliphatic heterocycles. The first kappa shape index (κ1) is 20.5. The predicted octanol–water partition coefficient (Wildman–Crippen LogP) is 3.51. The standard InChI is InChI=1S/C20H27N3O4/c1-14-8-9-15(2)17(11-14)27-10-6-5-7-18(24)22-16-12-21-23(13-16)20(3,4)19(25)26/h8-9,11-13H,5-7,10H2,1-4H3,(H,22,24)(H,25,26). The maximum absolute atomic E-state index is 12.0. The molecule has 2 rings (SSSR count). The Labute approximate surface area is 159 Å². The lowest BCUT2D eigenvalue weighted by Crippen LogP contribution is -2.35. The summed E-state index contributed by atoms with van der Waals surface area (Å²) in [5.41, 5.74) is 1.57.